The first-order chi connectivity index (χ1) is 8.79. The van der Waals surface area contributed by atoms with Crippen molar-refractivity contribution in [3.8, 4) is 0 Å². The zero-order valence-corrected chi connectivity index (χ0v) is 14.9. The van der Waals surface area contributed by atoms with Crippen molar-refractivity contribution >= 4 is 33.3 Å². The topological polar surface area (TPSA) is 17.1 Å². The number of carbonyl (C=O) groups is 1. The Labute approximate surface area is 123 Å². The number of allylic oxidation sites excluding steroid dienone is 1. The second-order valence-corrected chi connectivity index (χ2v) is 15.2. The molecule has 0 aliphatic heterocycles. The third-order valence-electron chi connectivity index (χ3n) is 4.09. The molecule has 3 heteroatoms. The van der Waals surface area contributed by atoms with Crippen molar-refractivity contribution in [2.75, 3.05) is 0 Å². The predicted octanol–water partition coefficient (Wildman–Crippen LogP) is 3.22. The van der Waals surface area contributed by atoms with E-state index < -0.39 is 8.07 Å². The summed E-state index contributed by atoms with van der Waals surface area (Å²) in [7, 11) is -1.49. The molecule has 19 heavy (non-hydrogen) atoms. The standard InChI is InChI=1S/C16H22OSeSi/c1-12-11-15(13(2)17)16(12,19(3,4)5)18-14-9-7-6-8-10-14/h6-10,15H,1,11H2,2-5H3. The maximum absolute atomic E-state index is 12.0. The van der Waals surface area contributed by atoms with E-state index in [1.165, 1.54) is 10.0 Å². The van der Waals surface area contributed by atoms with Crippen LogP contribution in [-0.4, -0.2) is 28.8 Å². The van der Waals surface area contributed by atoms with E-state index in [0.29, 0.717) is 20.7 Å². The first kappa shape index (κ1) is 14.8. The minimum absolute atomic E-state index is 0.118. The third-order valence-corrected chi connectivity index (χ3v) is 14.4. The summed E-state index contributed by atoms with van der Waals surface area (Å²) in [5, 5.41) is 0. The monoisotopic (exact) mass is 338 g/mol. The summed E-state index contributed by atoms with van der Waals surface area (Å²) in [5.74, 6) is 0.569. The van der Waals surface area contributed by atoms with E-state index >= 15 is 0 Å². The number of carbonyl (C=O) groups excluding carboxylic acids is 1. The van der Waals surface area contributed by atoms with E-state index in [0.717, 1.165) is 6.42 Å². The van der Waals surface area contributed by atoms with Gasteiger partial charge in [-0.25, -0.2) is 0 Å². The van der Waals surface area contributed by atoms with Crippen molar-refractivity contribution in [2.45, 2.75) is 36.9 Å². The first-order valence-electron chi connectivity index (χ1n) is 6.72. The SMILES string of the molecule is C=C1CC(C(C)=O)C1([Se]c1ccccc1)[Si](C)(C)C. The molecule has 1 aromatic carbocycles. The van der Waals surface area contributed by atoms with Crippen LogP contribution in [0.4, 0.5) is 0 Å². The molecule has 2 unspecified atom stereocenters. The van der Waals surface area contributed by atoms with Crippen molar-refractivity contribution < 1.29 is 4.79 Å². The quantitative estimate of drug-likeness (QED) is 0.609. The molecule has 1 nitrogen and oxygen atoms in total. The van der Waals surface area contributed by atoms with Gasteiger partial charge in [0.2, 0.25) is 0 Å². The summed E-state index contributed by atoms with van der Waals surface area (Å²) in [6, 6.07) is 10.6. The number of ketones is 1. The molecule has 0 radical (unpaired) electrons. The van der Waals surface area contributed by atoms with Gasteiger partial charge >= 0.3 is 123 Å². The molecular weight excluding hydrogens is 315 g/mol. The van der Waals surface area contributed by atoms with Gasteiger partial charge in [-0.3, -0.25) is 0 Å². The molecule has 0 amide bonds. The van der Waals surface area contributed by atoms with Crippen molar-refractivity contribution in [2.24, 2.45) is 5.92 Å². The molecule has 1 aliphatic carbocycles. The van der Waals surface area contributed by atoms with Crippen LogP contribution in [0.3, 0.4) is 0 Å². The van der Waals surface area contributed by atoms with Gasteiger partial charge in [0, 0.05) is 0 Å². The summed E-state index contributed by atoms with van der Waals surface area (Å²) in [4.78, 5) is 12.0. The van der Waals surface area contributed by atoms with Crippen LogP contribution in [0.5, 0.6) is 0 Å². The van der Waals surface area contributed by atoms with Gasteiger partial charge in [0.05, 0.1) is 0 Å². The Morgan fingerprint density at radius 2 is 1.89 bits per heavy atom. The van der Waals surface area contributed by atoms with Crippen molar-refractivity contribution in [1.82, 2.24) is 0 Å². The molecule has 1 fully saturated rings. The van der Waals surface area contributed by atoms with Crippen LogP contribution in [0.25, 0.3) is 0 Å². The van der Waals surface area contributed by atoms with E-state index in [9.17, 15) is 4.79 Å². The average molecular weight is 337 g/mol. The van der Waals surface area contributed by atoms with Gasteiger partial charge in [-0.05, 0) is 0 Å². The Bertz CT molecular complexity index is 503. The number of hydrogen-bond acceptors (Lipinski definition) is 1. The molecule has 0 N–H and O–H groups in total. The Balaban J connectivity index is 2.42. The Kier molecular flexibility index (Phi) is 3.92. The number of benzene rings is 1. The Morgan fingerprint density at radius 3 is 2.32 bits per heavy atom. The summed E-state index contributed by atoms with van der Waals surface area (Å²) in [5.41, 5.74) is 1.33. The summed E-state index contributed by atoms with van der Waals surface area (Å²) < 4.78 is 1.51. The van der Waals surface area contributed by atoms with Gasteiger partial charge in [-0.1, -0.05) is 0 Å². The molecular formula is C16H22OSeSi. The third kappa shape index (κ3) is 2.40. The molecule has 0 aromatic heterocycles. The predicted molar refractivity (Wildman–Crippen MR) is 85.8 cm³/mol. The Morgan fingerprint density at radius 1 is 1.32 bits per heavy atom. The fourth-order valence-corrected chi connectivity index (χ4v) is 11.2. The maximum atomic E-state index is 12.0. The zero-order chi connectivity index (χ0) is 14.3. The summed E-state index contributed by atoms with van der Waals surface area (Å²) >= 11 is 0.310. The van der Waals surface area contributed by atoms with Gasteiger partial charge in [0.25, 0.3) is 0 Å². The molecule has 0 heterocycles. The van der Waals surface area contributed by atoms with Crippen LogP contribution >= 0.6 is 0 Å². The van der Waals surface area contributed by atoms with Gasteiger partial charge in [-0.2, -0.15) is 0 Å². The number of rotatable bonds is 4. The molecule has 1 saturated carbocycles. The summed E-state index contributed by atoms with van der Waals surface area (Å²) in [6.45, 7) is 13.2. The van der Waals surface area contributed by atoms with Gasteiger partial charge in [0.1, 0.15) is 0 Å². The molecule has 0 saturated heterocycles. The molecule has 1 aromatic rings. The molecule has 2 atom stereocenters. The fraction of sp³-hybridized carbons (Fsp3) is 0.438. The van der Waals surface area contributed by atoms with Crippen LogP contribution in [0, 0.1) is 5.92 Å². The Hall–Kier alpha value is -0.634. The zero-order valence-electron chi connectivity index (χ0n) is 12.2. The second-order valence-electron chi connectivity index (χ2n) is 6.37. The van der Waals surface area contributed by atoms with E-state index in [1.807, 2.05) is 0 Å². The normalized spacial score (nSPS) is 26.9. The average Bonchev–Trinajstić information content (AvgIpc) is 2.32. The van der Waals surface area contributed by atoms with Gasteiger partial charge in [-0.15, -0.1) is 0 Å². The van der Waals surface area contributed by atoms with E-state index in [-0.39, 0.29) is 9.85 Å². The first-order valence-corrected chi connectivity index (χ1v) is 11.9. The molecule has 1 aliphatic rings. The molecule has 2 rings (SSSR count). The fourth-order valence-electron chi connectivity index (χ4n) is 3.11. The van der Waals surface area contributed by atoms with Crippen molar-refractivity contribution in [3.05, 3.63) is 42.5 Å². The van der Waals surface area contributed by atoms with Crippen LogP contribution in [0.1, 0.15) is 13.3 Å². The van der Waals surface area contributed by atoms with Gasteiger partial charge in [0.15, 0.2) is 0 Å². The molecule has 0 bridgehead atoms. The van der Waals surface area contributed by atoms with Crippen LogP contribution < -0.4 is 4.46 Å². The molecule has 102 valence electrons. The van der Waals surface area contributed by atoms with Gasteiger partial charge < -0.3 is 0 Å². The van der Waals surface area contributed by atoms with Crippen molar-refractivity contribution in [1.29, 1.82) is 0 Å². The van der Waals surface area contributed by atoms with Crippen LogP contribution in [0.2, 0.25) is 23.6 Å². The molecule has 0 spiro atoms. The number of hydrogen-bond donors (Lipinski definition) is 0. The van der Waals surface area contributed by atoms with Crippen LogP contribution in [0.15, 0.2) is 42.5 Å². The van der Waals surface area contributed by atoms with E-state index in [1.54, 1.807) is 6.92 Å². The minimum atomic E-state index is -1.49. The van der Waals surface area contributed by atoms with Crippen molar-refractivity contribution in [3.63, 3.8) is 0 Å². The van der Waals surface area contributed by atoms with Crippen LogP contribution in [-0.2, 0) is 4.79 Å². The second kappa shape index (κ2) is 5.04. The van der Waals surface area contributed by atoms with E-state index in [4.69, 9.17) is 0 Å². The number of Topliss-reactive ketones (excluding diaryl/α,β-unsaturated/α-hetero) is 1. The summed E-state index contributed by atoms with van der Waals surface area (Å²) in [6.07, 6.45) is 0.911. The van der Waals surface area contributed by atoms with E-state index in [2.05, 4.69) is 56.6 Å².